The summed E-state index contributed by atoms with van der Waals surface area (Å²) >= 11 is 0. The number of nitrogens with zero attached hydrogens (tertiary/aromatic N) is 4. The number of hydrogen-bond acceptors (Lipinski definition) is 4. The van der Waals surface area contributed by atoms with Crippen LogP contribution in [0.3, 0.4) is 0 Å². The fraction of sp³-hybridized carbons (Fsp3) is 0.182. The van der Waals surface area contributed by atoms with E-state index in [0.29, 0.717) is 5.39 Å². The van der Waals surface area contributed by atoms with Crippen molar-refractivity contribution in [3.63, 3.8) is 0 Å². The molecule has 0 saturated heterocycles. The standard InChI is InChI=1S/C11H11N5O2S/c12-16-14-6-7-15-19(17,18)11-3-1-2-9-8-13-5-4-10(9)11/h1-5,8,15H,6-7H2. The first kappa shape index (κ1) is 13.3. The summed E-state index contributed by atoms with van der Waals surface area (Å²) < 4.78 is 26.7. The van der Waals surface area contributed by atoms with Gasteiger partial charge in [0.25, 0.3) is 0 Å². The predicted octanol–water partition coefficient (Wildman–Crippen LogP) is 1.82. The van der Waals surface area contributed by atoms with Crippen molar-refractivity contribution in [2.24, 2.45) is 5.11 Å². The average Bonchev–Trinajstić information content (AvgIpc) is 2.43. The molecule has 2 aromatic rings. The fourth-order valence-corrected chi connectivity index (χ4v) is 2.93. The quantitative estimate of drug-likeness (QED) is 0.389. The molecule has 0 saturated carbocycles. The number of hydrogen-bond donors (Lipinski definition) is 1. The van der Waals surface area contributed by atoms with Crippen LogP contribution in [0.4, 0.5) is 0 Å². The first-order valence-electron chi connectivity index (χ1n) is 5.48. The molecule has 0 spiro atoms. The Kier molecular flexibility index (Phi) is 3.96. The van der Waals surface area contributed by atoms with Crippen molar-refractivity contribution in [3.8, 4) is 0 Å². The number of fused-ring (bicyclic) bond motifs is 1. The van der Waals surface area contributed by atoms with E-state index in [1.165, 1.54) is 6.07 Å². The van der Waals surface area contributed by atoms with Crippen molar-refractivity contribution < 1.29 is 8.42 Å². The fourth-order valence-electron chi connectivity index (χ4n) is 1.68. The normalized spacial score (nSPS) is 11.2. The van der Waals surface area contributed by atoms with Crippen LogP contribution in [-0.2, 0) is 10.0 Å². The minimum atomic E-state index is -3.63. The van der Waals surface area contributed by atoms with Gasteiger partial charge < -0.3 is 0 Å². The highest BCUT2D eigenvalue weighted by Crippen LogP contribution is 2.21. The van der Waals surface area contributed by atoms with Crippen LogP contribution in [0.25, 0.3) is 21.2 Å². The first-order valence-corrected chi connectivity index (χ1v) is 6.97. The molecule has 0 aliphatic heterocycles. The van der Waals surface area contributed by atoms with Gasteiger partial charge in [0.05, 0.1) is 4.90 Å². The second-order valence-corrected chi connectivity index (χ2v) is 5.44. The number of azide groups is 1. The van der Waals surface area contributed by atoms with E-state index >= 15 is 0 Å². The first-order chi connectivity index (χ1) is 9.15. The maximum Gasteiger partial charge on any atom is 0.241 e. The zero-order chi connectivity index (χ0) is 13.7. The third-order valence-electron chi connectivity index (χ3n) is 2.50. The Morgan fingerprint density at radius 2 is 2.21 bits per heavy atom. The van der Waals surface area contributed by atoms with Gasteiger partial charge in [-0.3, -0.25) is 4.98 Å². The van der Waals surface area contributed by atoms with E-state index in [2.05, 4.69) is 19.7 Å². The van der Waals surface area contributed by atoms with Gasteiger partial charge in [-0.2, -0.15) is 0 Å². The maximum atomic E-state index is 12.1. The van der Waals surface area contributed by atoms with Crippen molar-refractivity contribution in [2.75, 3.05) is 13.1 Å². The van der Waals surface area contributed by atoms with Crippen LogP contribution in [0.15, 0.2) is 46.7 Å². The van der Waals surface area contributed by atoms with E-state index in [1.807, 2.05) is 0 Å². The molecule has 98 valence electrons. The van der Waals surface area contributed by atoms with Gasteiger partial charge in [0.2, 0.25) is 10.0 Å². The molecule has 7 nitrogen and oxygen atoms in total. The lowest BCUT2D eigenvalue weighted by Gasteiger charge is -2.08. The molecule has 0 aliphatic rings. The molecule has 8 heteroatoms. The summed E-state index contributed by atoms with van der Waals surface area (Å²) in [5, 5.41) is 4.63. The number of benzene rings is 1. The Hall–Kier alpha value is -2.15. The van der Waals surface area contributed by atoms with E-state index in [-0.39, 0.29) is 18.0 Å². The summed E-state index contributed by atoms with van der Waals surface area (Å²) in [5.41, 5.74) is 8.13. The largest absolute Gasteiger partial charge is 0.264 e. The molecule has 2 rings (SSSR count). The van der Waals surface area contributed by atoms with Crippen LogP contribution in [0.1, 0.15) is 0 Å². The van der Waals surface area contributed by atoms with Crippen molar-refractivity contribution in [2.45, 2.75) is 4.90 Å². The molecule has 0 fully saturated rings. The van der Waals surface area contributed by atoms with Crippen molar-refractivity contribution >= 4 is 20.8 Å². The van der Waals surface area contributed by atoms with E-state index in [9.17, 15) is 8.42 Å². The minimum absolute atomic E-state index is 0.0634. The number of rotatable bonds is 5. The number of sulfonamides is 1. The second-order valence-electron chi connectivity index (χ2n) is 3.71. The Balaban J connectivity index is 2.35. The monoisotopic (exact) mass is 277 g/mol. The van der Waals surface area contributed by atoms with Gasteiger partial charge in [-0.1, -0.05) is 17.2 Å². The molecule has 0 amide bonds. The smallest absolute Gasteiger partial charge is 0.241 e. The summed E-state index contributed by atoms with van der Waals surface area (Å²) in [5.74, 6) is 0. The molecule has 1 heterocycles. The lowest BCUT2D eigenvalue weighted by atomic mass is 10.2. The zero-order valence-corrected chi connectivity index (χ0v) is 10.7. The highest BCUT2D eigenvalue weighted by molar-refractivity contribution is 7.89. The Morgan fingerprint density at radius 1 is 1.37 bits per heavy atom. The molecular formula is C11H11N5O2S. The van der Waals surface area contributed by atoms with Crippen LogP contribution in [0.2, 0.25) is 0 Å². The third kappa shape index (κ3) is 3.00. The topological polar surface area (TPSA) is 108 Å². The molecule has 0 radical (unpaired) electrons. The molecule has 1 N–H and O–H groups in total. The van der Waals surface area contributed by atoms with Crippen molar-refractivity contribution in [1.82, 2.24) is 9.71 Å². The second kappa shape index (κ2) is 5.66. The van der Waals surface area contributed by atoms with Gasteiger partial charge in [-0.25, -0.2) is 13.1 Å². The zero-order valence-electron chi connectivity index (χ0n) is 9.89. The molecule has 0 bridgehead atoms. The van der Waals surface area contributed by atoms with Gasteiger partial charge in [-0.15, -0.1) is 0 Å². The SMILES string of the molecule is [N-]=[N+]=NCCNS(=O)(=O)c1cccc2cnccc12. The maximum absolute atomic E-state index is 12.1. The van der Waals surface area contributed by atoms with Crippen molar-refractivity contribution in [3.05, 3.63) is 47.1 Å². The number of pyridine rings is 1. The third-order valence-corrected chi connectivity index (χ3v) is 4.02. The van der Waals surface area contributed by atoms with E-state index in [4.69, 9.17) is 5.53 Å². The Labute approximate surface area is 110 Å². The highest BCUT2D eigenvalue weighted by atomic mass is 32.2. The van der Waals surface area contributed by atoms with E-state index < -0.39 is 10.0 Å². The van der Waals surface area contributed by atoms with Gasteiger partial charge in [0.1, 0.15) is 0 Å². The lowest BCUT2D eigenvalue weighted by Crippen LogP contribution is -2.26. The molecule has 1 aromatic carbocycles. The number of aromatic nitrogens is 1. The molecule has 19 heavy (non-hydrogen) atoms. The lowest BCUT2D eigenvalue weighted by molar-refractivity contribution is 0.583. The van der Waals surface area contributed by atoms with Gasteiger partial charge >= 0.3 is 0 Å². The average molecular weight is 277 g/mol. The molecular weight excluding hydrogens is 266 g/mol. The van der Waals surface area contributed by atoms with Crippen molar-refractivity contribution in [1.29, 1.82) is 0 Å². The van der Waals surface area contributed by atoms with E-state index in [1.54, 1.807) is 30.6 Å². The number of nitrogens with one attached hydrogen (secondary N) is 1. The van der Waals surface area contributed by atoms with Crippen LogP contribution in [-0.4, -0.2) is 26.5 Å². The summed E-state index contributed by atoms with van der Waals surface area (Å²) in [6, 6.07) is 6.63. The molecule has 0 aliphatic carbocycles. The van der Waals surface area contributed by atoms with Gasteiger partial charge in [0, 0.05) is 41.2 Å². The van der Waals surface area contributed by atoms with Crippen LogP contribution in [0.5, 0.6) is 0 Å². The summed E-state index contributed by atoms with van der Waals surface area (Å²) in [7, 11) is -3.63. The molecule has 1 aromatic heterocycles. The molecule has 0 atom stereocenters. The summed E-state index contributed by atoms with van der Waals surface area (Å²) in [6.07, 6.45) is 3.15. The summed E-state index contributed by atoms with van der Waals surface area (Å²) in [6.45, 7) is 0.135. The minimum Gasteiger partial charge on any atom is -0.264 e. The van der Waals surface area contributed by atoms with Crippen LogP contribution in [0, 0.1) is 0 Å². The summed E-state index contributed by atoms with van der Waals surface area (Å²) in [4.78, 5) is 6.70. The van der Waals surface area contributed by atoms with Crippen LogP contribution >= 0.6 is 0 Å². The highest BCUT2D eigenvalue weighted by Gasteiger charge is 2.16. The Morgan fingerprint density at radius 3 is 3.00 bits per heavy atom. The molecule has 0 unspecified atom stereocenters. The van der Waals surface area contributed by atoms with Gasteiger partial charge in [-0.05, 0) is 17.7 Å². The Bertz CT molecular complexity index is 732. The van der Waals surface area contributed by atoms with Crippen LogP contribution < -0.4 is 4.72 Å². The van der Waals surface area contributed by atoms with Gasteiger partial charge in [0.15, 0.2) is 0 Å². The van der Waals surface area contributed by atoms with E-state index in [0.717, 1.165) is 5.39 Å². The predicted molar refractivity (Wildman–Crippen MR) is 70.9 cm³/mol.